The third-order valence-corrected chi connectivity index (χ3v) is 2.87. The van der Waals surface area contributed by atoms with Crippen LogP contribution in [0.3, 0.4) is 0 Å². The highest BCUT2D eigenvalue weighted by Crippen LogP contribution is 2.29. The van der Waals surface area contributed by atoms with Crippen molar-refractivity contribution in [3.8, 4) is 0 Å². The molecule has 0 saturated carbocycles. The van der Waals surface area contributed by atoms with Crippen molar-refractivity contribution in [3.63, 3.8) is 0 Å². The van der Waals surface area contributed by atoms with Gasteiger partial charge in [-0.05, 0) is 24.3 Å². The molecule has 2 N–H and O–H groups in total. The Morgan fingerprint density at radius 3 is 2.58 bits per heavy atom. The number of aromatic nitrogens is 1. The SMILES string of the molecule is O=C(O)c1cnc(Nc2ccc(F)cc2Cl)c(Cl)c1. The summed E-state index contributed by atoms with van der Waals surface area (Å²) in [6, 6.07) is 5.06. The number of rotatable bonds is 3. The Bertz CT molecular complexity index is 650. The van der Waals surface area contributed by atoms with Crippen LogP contribution in [0.15, 0.2) is 30.5 Å². The fraction of sp³-hybridized carbons (Fsp3) is 0. The summed E-state index contributed by atoms with van der Waals surface area (Å²) < 4.78 is 12.9. The fourth-order valence-corrected chi connectivity index (χ4v) is 1.79. The first-order valence-corrected chi connectivity index (χ1v) is 5.84. The van der Waals surface area contributed by atoms with Crippen LogP contribution in [-0.2, 0) is 0 Å². The van der Waals surface area contributed by atoms with Crippen LogP contribution in [0.2, 0.25) is 10.0 Å². The average molecular weight is 301 g/mol. The van der Waals surface area contributed by atoms with Crippen LogP contribution in [-0.4, -0.2) is 16.1 Å². The van der Waals surface area contributed by atoms with Crippen molar-refractivity contribution >= 4 is 40.7 Å². The predicted molar refractivity (Wildman–Crippen MR) is 70.9 cm³/mol. The van der Waals surface area contributed by atoms with Gasteiger partial charge >= 0.3 is 5.97 Å². The summed E-state index contributed by atoms with van der Waals surface area (Å²) in [5.41, 5.74) is 0.390. The molecule has 0 amide bonds. The van der Waals surface area contributed by atoms with Gasteiger partial charge in [0, 0.05) is 6.20 Å². The Balaban J connectivity index is 2.31. The summed E-state index contributed by atoms with van der Waals surface area (Å²) in [6.45, 7) is 0. The summed E-state index contributed by atoms with van der Waals surface area (Å²) in [4.78, 5) is 14.6. The van der Waals surface area contributed by atoms with Gasteiger partial charge in [-0.1, -0.05) is 23.2 Å². The molecular weight excluding hydrogens is 294 g/mol. The molecule has 98 valence electrons. The van der Waals surface area contributed by atoms with Crippen molar-refractivity contribution in [2.45, 2.75) is 0 Å². The van der Waals surface area contributed by atoms with Crippen LogP contribution in [0.4, 0.5) is 15.9 Å². The molecule has 1 aromatic carbocycles. The number of benzene rings is 1. The second-order valence-electron chi connectivity index (χ2n) is 3.61. The van der Waals surface area contributed by atoms with Crippen LogP contribution in [0.1, 0.15) is 10.4 Å². The molecule has 0 aliphatic heterocycles. The number of carbonyl (C=O) groups is 1. The highest BCUT2D eigenvalue weighted by atomic mass is 35.5. The maximum atomic E-state index is 12.9. The van der Waals surface area contributed by atoms with Crippen molar-refractivity contribution < 1.29 is 14.3 Å². The molecule has 0 radical (unpaired) electrons. The lowest BCUT2D eigenvalue weighted by molar-refractivity contribution is 0.0696. The standard InChI is InChI=1S/C12H7Cl2FN2O2/c13-8-4-7(15)1-2-10(8)17-11-9(14)3-6(5-16-11)12(18)19/h1-5H,(H,16,17)(H,18,19). The van der Waals surface area contributed by atoms with Crippen molar-refractivity contribution in [2.75, 3.05) is 5.32 Å². The van der Waals surface area contributed by atoms with E-state index in [-0.39, 0.29) is 21.4 Å². The quantitative estimate of drug-likeness (QED) is 0.900. The second kappa shape index (κ2) is 5.42. The van der Waals surface area contributed by atoms with Crippen LogP contribution < -0.4 is 5.32 Å². The first-order valence-electron chi connectivity index (χ1n) is 5.08. The van der Waals surface area contributed by atoms with E-state index in [1.165, 1.54) is 18.2 Å². The Hall–Kier alpha value is -1.85. The molecule has 2 aromatic rings. The maximum Gasteiger partial charge on any atom is 0.337 e. The first-order chi connectivity index (χ1) is 8.97. The minimum Gasteiger partial charge on any atom is -0.478 e. The van der Waals surface area contributed by atoms with Crippen LogP contribution in [0, 0.1) is 5.82 Å². The Kier molecular flexibility index (Phi) is 3.87. The van der Waals surface area contributed by atoms with Crippen molar-refractivity contribution in [2.24, 2.45) is 0 Å². The van der Waals surface area contributed by atoms with Gasteiger partial charge in [0.25, 0.3) is 0 Å². The van der Waals surface area contributed by atoms with E-state index in [0.29, 0.717) is 5.69 Å². The summed E-state index contributed by atoms with van der Waals surface area (Å²) >= 11 is 11.7. The molecule has 0 saturated heterocycles. The lowest BCUT2D eigenvalue weighted by Gasteiger charge is -2.09. The summed E-state index contributed by atoms with van der Waals surface area (Å²) in [5, 5.41) is 11.9. The number of aromatic carboxylic acids is 1. The highest BCUT2D eigenvalue weighted by molar-refractivity contribution is 6.34. The van der Waals surface area contributed by atoms with Crippen molar-refractivity contribution in [1.82, 2.24) is 4.98 Å². The molecule has 7 heteroatoms. The molecule has 0 unspecified atom stereocenters. The zero-order valence-electron chi connectivity index (χ0n) is 9.32. The highest BCUT2D eigenvalue weighted by Gasteiger charge is 2.10. The molecule has 4 nitrogen and oxygen atoms in total. The Morgan fingerprint density at radius 2 is 2.00 bits per heavy atom. The molecule has 19 heavy (non-hydrogen) atoms. The number of carboxylic acids is 1. The molecule has 0 spiro atoms. The van der Waals surface area contributed by atoms with E-state index < -0.39 is 11.8 Å². The number of nitrogens with zero attached hydrogens (tertiary/aromatic N) is 1. The van der Waals surface area contributed by atoms with Crippen molar-refractivity contribution in [3.05, 3.63) is 51.9 Å². The molecule has 0 bridgehead atoms. The van der Waals surface area contributed by atoms with Crippen molar-refractivity contribution in [1.29, 1.82) is 0 Å². The lowest BCUT2D eigenvalue weighted by atomic mass is 10.2. The van der Waals surface area contributed by atoms with E-state index in [4.69, 9.17) is 28.3 Å². The number of halogens is 3. The number of carboxylic acid groups (broad SMARTS) is 1. The number of nitrogens with one attached hydrogen (secondary N) is 1. The van der Waals surface area contributed by atoms with Gasteiger partial charge in [-0.3, -0.25) is 0 Å². The largest absolute Gasteiger partial charge is 0.478 e. The topological polar surface area (TPSA) is 62.2 Å². The van der Waals surface area contributed by atoms with E-state index in [1.807, 2.05) is 0 Å². The molecule has 1 aromatic heterocycles. The van der Waals surface area contributed by atoms with Crippen LogP contribution in [0.5, 0.6) is 0 Å². The van der Waals surface area contributed by atoms with Gasteiger partial charge in [0.15, 0.2) is 0 Å². The van der Waals surface area contributed by atoms with Gasteiger partial charge < -0.3 is 10.4 Å². The Morgan fingerprint density at radius 1 is 1.26 bits per heavy atom. The molecule has 0 atom stereocenters. The smallest absolute Gasteiger partial charge is 0.337 e. The fourth-order valence-electron chi connectivity index (χ4n) is 1.37. The summed E-state index contributed by atoms with van der Waals surface area (Å²) in [6.07, 6.45) is 1.16. The molecule has 0 aliphatic carbocycles. The average Bonchev–Trinajstić information content (AvgIpc) is 2.34. The van der Waals surface area contributed by atoms with Crippen LogP contribution in [0.25, 0.3) is 0 Å². The van der Waals surface area contributed by atoms with Gasteiger partial charge in [0.1, 0.15) is 11.6 Å². The monoisotopic (exact) mass is 300 g/mol. The van der Waals surface area contributed by atoms with E-state index in [0.717, 1.165) is 12.3 Å². The summed E-state index contributed by atoms with van der Waals surface area (Å²) in [7, 11) is 0. The van der Waals surface area contributed by atoms with E-state index >= 15 is 0 Å². The zero-order valence-corrected chi connectivity index (χ0v) is 10.8. The third kappa shape index (κ3) is 3.13. The minimum atomic E-state index is -1.12. The van der Waals surface area contributed by atoms with Gasteiger partial charge in [-0.2, -0.15) is 0 Å². The molecule has 1 heterocycles. The normalized spacial score (nSPS) is 10.3. The maximum absolute atomic E-state index is 12.9. The number of hydrogen-bond donors (Lipinski definition) is 2. The Labute approximate surface area is 117 Å². The second-order valence-corrected chi connectivity index (χ2v) is 4.42. The first kappa shape index (κ1) is 13.6. The van der Waals surface area contributed by atoms with E-state index in [1.54, 1.807) is 0 Å². The van der Waals surface area contributed by atoms with Gasteiger partial charge in [0.05, 0.1) is 21.3 Å². The number of anilines is 2. The number of hydrogen-bond acceptors (Lipinski definition) is 3. The predicted octanol–water partition coefficient (Wildman–Crippen LogP) is 3.97. The van der Waals surface area contributed by atoms with Gasteiger partial charge in [-0.25, -0.2) is 14.2 Å². The van der Waals surface area contributed by atoms with Gasteiger partial charge in [0.2, 0.25) is 0 Å². The van der Waals surface area contributed by atoms with E-state index in [2.05, 4.69) is 10.3 Å². The molecule has 2 rings (SSSR count). The zero-order chi connectivity index (χ0) is 14.0. The number of pyridine rings is 1. The van der Waals surface area contributed by atoms with Gasteiger partial charge in [-0.15, -0.1) is 0 Å². The molecule has 0 aliphatic rings. The third-order valence-electron chi connectivity index (χ3n) is 2.27. The van der Waals surface area contributed by atoms with E-state index in [9.17, 15) is 9.18 Å². The van der Waals surface area contributed by atoms with Crippen LogP contribution >= 0.6 is 23.2 Å². The lowest BCUT2D eigenvalue weighted by Crippen LogP contribution is -2.01. The minimum absolute atomic E-state index is 0.0271. The molecular formula is C12H7Cl2FN2O2. The molecule has 0 fully saturated rings. The summed E-state index contributed by atoms with van der Waals surface area (Å²) in [5.74, 6) is -1.35.